The Hall–Kier alpha value is -3.80. The molecule has 174 valence electrons. The second-order valence-electron chi connectivity index (χ2n) is 8.48. The van der Waals surface area contributed by atoms with Crippen LogP contribution in [0.2, 0.25) is 0 Å². The summed E-state index contributed by atoms with van der Waals surface area (Å²) in [5, 5.41) is 14.9. The molecule has 3 N–H and O–H groups in total. The highest BCUT2D eigenvalue weighted by atomic mass is 32.1. The van der Waals surface area contributed by atoms with Crippen molar-refractivity contribution >= 4 is 29.0 Å². The second kappa shape index (κ2) is 7.90. The Morgan fingerprint density at radius 1 is 1.29 bits per heavy atom. The maximum Gasteiger partial charge on any atom is 0.326 e. The van der Waals surface area contributed by atoms with Crippen molar-refractivity contribution < 1.29 is 14.3 Å². The van der Waals surface area contributed by atoms with Crippen LogP contribution in [0.1, 0.15) is 34.6 Å². The number of aromatic hydroxyl groups is 1. The lowest BCUT2D eigenvalue weighted by Gasteiger charge is -2.13. The minimum absolute atomic E-state index is 0.129. The first kappa shape index (κ1) is 20.8. The number of hydrogen-bond donors (Lipinski definition) is 3. The summed E-state index contributed by atoms with van der Waals surface area (Å²) in [6, 6.07) is 5.65. The summed E-state index contributed by atoms with van der Waals surface area (Å²) in [4.78, 5) is 41.4. The average Bonchev–Trinajstić information content (AvgIpc) is 3.18. The van der Waals surface area contributed by atoms with Crippen molar-refractivity contribution in [2.75, 3.05) is 13.1 Å². The van der Waals surface area contributed by atoms with Gasteiger partial charge in [-0.2, -0.15) is 9.61 Å². The zero-order valence-corrected chi connectivity index (χ0v) is 18.7. The van der Waals surface area contributed by atoms with Crippen LogP contribution in [0.3, 0.4) is 0 Å². The fourth-order valence-electron chi connectivity index (χ4n) is 3.97. The van der Waals surface area contributed by atoms with E-state index < -0.39 is 11.9 Å². The predicted octanol–water partition coefficient (Wildman–Crippen LogP) is 0.975. The summed E-state index contributed by atoms with van der Waals surface area (Å²) in [6.07, 6.45) is 4.60. The van der Waals surface area contributed by atoms with Crippen LogP contribution in [0.25, 0.3) is 22.3 Å². The van der Waals surface area contributed by atoms with E-state index in [1.807, 2.05) is 12.1 Å². The maximum atomic E-state index is 13.6. The molecule has 1 amide bonds. The van der Waals surface area contributed by atoms with Gasteiger partial charge in [0.05, 0.1) is 34.2 Å². The van der Waals surface area contributed by atoms with Gasteiger partial charge in [0.1, 0.15) is 11.9 Å². The summed E-state index contributed by atoms with van der Waals surface area (Å²) >= 11 is 1.30. The van der Waals surface area contributed by atoms with E-state index in [1.165, 1.54) is 11.3 Å². The van der Waals surface area contributed by atoms with Crippen LogP contribution in [0.4, 0.5) is 4.39 Å². The van der Waals surface area contributed by atoms with Gasteiger partial charge in [0.15, 0.2) is 11.1 Å². The van der Waals surface area contributed by atoms with E-state index in [2.05, 4.69) is 15.1 Å². The second-order valence-corrected chi connectivity index (χ2v) is 9.57. The van der Waals surface area contributed by atoms with Crippen LogP contribution in [0.15, 0.2) is 34.2 Å². The number of alkyl halides is 1. The number of thiophene rings is 1. The van der Waals surface area contributed by atoms with Crippen LogP contribution in [0, 0.1) is 0 Å². The molecule has 6 rings (SSSR count). The maximum absolute atomic E-state index is 13.6. The number of fused-ring (bicyclic) bond motifs is 1. The summed E-state index contributed by atoms with van der Waals surface area (Å²) in [5.41, 5.74) is 1.46. The molecule has 1 aliphatic heterocycles. The molecule has 2 fully saturated rings. The molecule has 1 atom stereocenters. The number of hydrogen-bond acceptors (Lipinski definition) is 7. The fourth-order valence-corrected chi connectivity index (χ4v) is 4.91. The summed E-state index contributed by atoms with van der Waals surface area (Å²) in [7, 11) is 0. The number of nitrogens with zero attached hydrogens (tertiary/aromatic N) is 5. The normalized spacial score (nSPS) is 19.6. The first-order valence-corrected chi connectivity index (χ1v) is 11.8. The lowest BCUT2D eigenvalue weighted by Crippen LogP contribution is -2.28. The SMILES string of the molecule is O=C(c1ccc(-c2cc(=NC3CC3)n3nc/c(=C/c4[nH]c(=O)[nH]c4O)c3n2)s1)N1CC[C@@H](F)C1. The number of carbonyl (C=O) groups excluding carboxylic acids is 1. The molecule has 0 bridgehead atoms. The van der Waals surface area contributed by atoms with Gasteiger partial charge in [0, 0.05) is 17.8 Å². The van der Waals surface area contributed by atoms with E-state index in [-0.39, 0.29) is 30.1 Å². The van der Waals surface area contributed by atoms with Gasteiger partial charge in [-0.1, -0.05) is 0 Å². The summed E-state index contributed by atoms with van der Waals surface area (Å²) in [5.74, 6) is -0.451. The van der Waals surface area contributed by atoms with Gasteiger partial charge in [-0.05, 0) is 37.5 Å². The molecular weight excluding hydrogens is 461 g/mol. The van der Waals surface area contributed by atoms with Crippen molar-refractivity contribution in [2.24, 2.45) is 4.99 Å². The van der Waals surface area contributed by atoms with E-state index in [1.54, 1.807) is 27.8 Å². The summed E-state index contributed by atoms with van der Waals surface area (Å²) in [6.45, 7) is 0.550. The largest absolute Gasteiger partial charge is 0.493 e. The smallest absolute Gasteiger partial charge is 0.326 e. The predicted molar refractivity (Wildman–Crippen MR) is 122 cm³/mol. The van der Waals surface area contributed by atoms with Gasteiger partial charge in [-0.3, -0.25) is 14.8 Å². The Bertz CT molecular complexity index is 1600. The van der Waals surface area contributed by atoms with Crippen LogP contribution in [-0.4, -0.2) is 65.8 Å². The Kier molecular flexibility index (Phi) is 4.83. The van der Waals surface area contributed by atoms with Gasteiger partial charge in [0.2, 0.25) is 5.88 Å². The Balaban J connectivity index is 1.46. The molecule has 1 saturated carbocycles. The minimum Gasteiger partial charge on any atom is -0.493 e. The molecule has 34 heavy (non-hydrogen) atoms. The lowest BCUT2D eigenvalue weighted by atomic mass is 10.3. The first-order chi connectivity index (χ1) is 16.4. The van der Waals surface area contributed by atoms with Crippen molar-refractivity contribution in [3.05, 3.63) is 56.2 Å². The number of aromatic amines is 2. The standard InChI is InChI=1S/C22H20FN7O3S/c23-12-5-6-29(10-12)21(32)17-4-3-16(34-17)14-8-18(25-13-1-2-13)30-19(26-14)11(9-24-30)7-15-20(31)28-22(33)27-15/h3-4,7-9,12-13,31H,1-2,5-6,10H2,(H2,27,28,33)/b11-7-,25-18?/t12-/m1/s1. The Labute approximate surface area is 195 Å². The third-order valence-corrected chi connectivity index (χ3v) is 6.96. The van der Waals surface area contributed by atoms with Crippen molar-refractivity contribution in [2.45, 2.75) is 31.5 Å². The minimum atomic E-state index is -0.968. The van der Waals surface area contributed by atoms with Gasteiger partial charge in [0.25, 0.3) is 5.91 Å². The third kappa shape index (κ3) is 3.79. The van der Waals surface area contributed by atoms with Crippen LogP contribution < -0.4 is 16.4 Å². The van der Waals surface area contributed by atoms with Gasteiger partial charge in [-0.15, -0.1) is 11.3 Å². The molecule has 1 aliphatic carbocycles. The summed E-state index contributed by atoms with van der Waals surface area (Å²) < 4.78 is 15.2. The molecule has 12 heteroatoms. The zero-order chi connectivity index (χ0) is 23.4. The van der Waals surface area contributed by atoms with E-state index in [9.17, 15) is 19.1 Å². The molecule has 4 aromatic heterocycles. The topological polar surface area (TPSA) is 132 Å². The van der Waals surface area contributed by atoms with Crippen LogP contribution in [0.5, 0.6) is 5.88 Å². The van der Waals surface area contributed by atoms with Crippen molar-refractivity contribution in [1.82, 2.24) is 29.5 Å². The van der Waals surface area contributed by atoms with Crippen LogP contribution in [-0.2, 0) is 0 Å². The molecular formula is C22H20FN7O3S. The number of aromatic nitrogens is 5. The highest BCUT2D eigenvalue weighted by Gasteiger charge is 2.27. The molecule has 10 nitrogen and oxygen atoms in total. The Morgan fingerprint density at radius 3 is 2.85 bits per heavy atom. The molecule has 0 spiro atoms. The van der Waals surface area contributed by atoms with E-state index >= 15 is 0 Å². The lowest BCUT2D eigenvalue weighted by molar-refractivity contribution is 0.0787. The monoisotopic (exact) mass is 481 g/mol. The van der Waals surface area contributed by atoms with Gasteiger partial charge >= 0.3 is 5.69 Å². The number of halogens is 1. The number of imidazole rings is 1. The molecule has 0 radical (unpaired) electrons. The first-order valence-electron chi connectivity index (χ1n) is 10.9. The van der Waals surface area contributed by atoms with Crippen molar-refractivity contribution in [3.63, 3.8) is 0 Å². The van der Waals surface area contributed by atoms with Crippen LogP contribution >= 0.6 is 11.3 Å². The molecule has 0 unspecified atom stereocenters. The molecule has 4 aromatic rings. The number of nitrogens with one attached hydrogen (secondary N) is 2. The number of amides is 1. The average molecular weight is 482 g/mol. The Morgan fingerprint density at radius 2 is 2.15 bits per heavy atom. The zero-order valence-electron chi connectivity index (χ0n) is 17.9. The third-order valence-electron chi connectivity index (χ3n) is 5.86. The van der Waals surface area contributed by atoms with Crippen molar-refractivity contribution in [3.8, 4) is 16.5 Å². The number of likely N-dealkylation sites (tertiary alicyclic amines) is 1. The highest BCUT2D eigenvalue weighted by Crippen LogP contribution is 2.28. The highest BCUT2D eigenvalue weighted by molar-refractivity contribution is 7.17. The van der Waals surface area contributed by atoms with E-state index in [0.29, 0.717) is 39.9 Å². The van der Waals surface area contributed by atoms with E-state index in [4.69, 9.17) is 9.98 Å². The van der Waals surface area contributed by atoms with Gasteiger partial charge < -0.3 is 15.0 Å². The molecule has 1 saturated heterocycles. The molecule has 2 aliphatic rings. The molecule has 0 aromatic carbocycles. The van der Waals surface area contributed by atoms with Gasteiger partial charge in [-0.25, -0.2) is 14.2 Å². The quantitative estimate of drug-likeness (QED) is 0.400. The number of rotatable bonds is 4. The van der Waals surface area contributed by atoms with Crippen molar-refractivity contribution in [1.29, 1.82) is 0 Å². The number of carbonyl (C=O) groups is 1. The molecule has 5 heterocycles. The number of H-pyrrole nitrogens is 2. The fraction of sp³-hybridized carbons (Fsp3) is 0.318. The van der Waals surface area contributed by atoms with E-state index in [0.717, 1.165) is 17.7 Å².